The van der Waals surface area contributed by atoms with Gasteiger partial charge < -0.3 is 4.74 Å². The number of cyclic esters (lactones) is 1. The van der Waals surface area contributed by atoms with Crippen molar-refractivity contribution in [3.8, 4) is 11.1 Å². The Bertz CT molecular complexity index is 694. The summed E-state index contributed by atoms with van der Waals surface area (Å²) in [6.45, 7) is 3.19. The van der Waals surface area contributed by atoms with Gasteiger partial charge >= 0.3 is 6.09 Å². The molecule has 1 aliphatic heterocycles. The van der Waals surface area contributed by atoms with E-state index in [0.29, 0.717) is 24.6 Å². The maximum absolute atomic E-state index is 11.9. The number of benzene rings is 2. The molecule has 3 rings (SSSR count). The lowest BCUT2D eigenvalue weighted by atomic mass is 10.0. The van der Waals surface area contributed by atoms with Crippen LogP contribution >= 0.6 is 0 Å². The van der Waals surface area contributed by atoms with E-state index in [1.165, 1.54) is 0 Å². The van der Waals surface area contributed by atoms with Crippen molar-refractivity contribution in [3.05, 3.63) is 54.1 Å². The standard InChI is InChI=1S/C18H17NO3/c1-13-10-19(18(21)22-12-13)17-4-2-3-16(9-17)15-7-5-14(11-20)6-8-15/h2-9,11,13H,10,12H2,1H3. The number of hydrogen-bond acceptors (Lipinski definition) is 3. The monoisotopic (exact) mass is 295 g/mol. The summed E-state index contributed by atoms with van der Waals surface area (Å²) >= 11 is 0. The zero-order valence-electron chi connectivity index (χ0n) is 12.4. The van der Waals surface area contributed by atoms with Crippen LogP contribution in [-0.2, 0) is 4.74 Å². The fourth-order valence-corrected chi connectivity index (χ4v) is 2.55. The van der Waals surface area contributed by atoms with Crippen molar-refractivity contribution in [3.63, 3.8) is 0 Å². The SMILES string of the molecule is CC1COC(=O)N(c2cccc(-c3ccc(C=O)cc3)c2)C1. The summed E-state index contributed by atoms with van der Waals surface area (Å²) < 4.78 is 5.18. The number of amides is 1. The lowest BCUT2D eigenvalue weighted by molar-refractivity contribution is 0.112. The zero-order chi connectivity index (χ0) is 15.5. The van der Waals surface area contributed by atoms with Crippen molar-refractivity contribution in [2.24, 2.45) is 5.92 Å². The summed E-state index contributed by atoms with van der Waals surface area (Å²) in [6, 6.07) is 15.2. The van der Waals surface area contributed by atoms with Gasteiger partial charge in [0.25, 0.3) is 0 Å². The van der Waals surface area contributed by atoms with Gasteiger partial charge in [-0.05, 0) is 23.3 Å². The summed E-state index contributed by atoms with van der Waals surface area (Å²) in [6.07, 6.45) is 0.525. The first-order valence-electron chi connectivity index (χ1n) is 7.27. The number of aldehydes is 1. The molecule has 2 aromatic carbocycles. The third kappa shape index (κ3) is 2.86. The van der Waals surface area contributed by atoms with Gasteiger partial charge in [-0.25, -0.2) is 4.79 Å². The minimum absolute atomic E-state index is 0.299. The van der Waals surface area contributed by atoms with E-state index >= 15 is 0 Å². The highest BCUT2D eigenvalue weighted by atomic mass is 16.6. The highest BCUT2D eigenvalue weighted by molar-refractivity contribution is 5.89. The number of carbonyl (C=O) groups excluding carboxylic acids is 2. The lowest BCUT2D eigenvalue weighted by Crippen LogP contribution is -2.42. The van der Waals surface area contributed by atoms with Crippen LogP contribution in [0.25, 0.3) is 11.1 Å². The highest BCUT2D eigenvalue weighted by Gasteiger charge is 2.25. The maximum Gasteiger partial charge on any atom is 0.414 e. The molecule has 4 heteroatoms. The van der Waals surface area contributed by atoms with E-state index in [4.69, 9.17) is 4.74 Å². The van der Waals surface area contributed by atoms with Crippen LogP contribution in [0.1, 0.15) is 17.3 Å². The van der Waals surface area contributed by atoms with E-state index in [2.05, 4.69) is 6.92 Å². The predicted molar refractivity (Wildman–Crippen MR) is 85.1 cm³/mol. The van der Waals surface area contributed by atoms with Crippen molar-refractivity contribution in [1.82, 2.24) is 0 Å². The first-order chi connectivity index (χ1) is 10.7. The zero-order valence-corrected chi connectivity index (χ0v) is 12.4. The number of rotatable bonds is 3. The van der Waals surface area contributed by atoms with Crippen LogP contribution in [0.2, 0.25) is 0 Å². The Labute approximate surface area is 129 Å². The third-order valence-corrected chi connectivity index (χ3v) is 3.74. The molecule has 2 aromatic rings. The summed E-state index contributed by atoms with van der Waals surface area (Å²) in [7, 11) is 0. The molecule has 1 unspecified atom stereocenters. The second-order valence-electron chi connectivity index (χ2n) is 5.58. The number of anilines is 1. The average Bonchev–Trinajstić information content (AvgIpc) is 2.57. The van der Waals surface area contributed by atoms with E-state index in [1.807, 2.05) is 36.4 Å². The second kappa shape index (κ2) is 6.02. The van der Waals surface area contributed by atoms with Crippen LogP contribution in [0.3, 0.4) is 0 Å². The van der Waals surface area contributed by atoms with Gasteiger partial charge in [-0.3, -0.25) is 9.69 Å². The van der Waals surface area contributed by atoms with Gasteiger partial charge in [0.1, 0.15) is 6.29 Å². The van der Waals surface area contributed by atoms with Crippen molar-refractivity contribution in [2.75, 3.05) is 18.1 Å². The smallest absolute Gasteiger partial charge is 0.414 e. The maximum atomic E-state index is 11.9. The van der Waals surface area contributed by atoms with Crippen LogP contribution in [0.5, 0.6) is 0 Å². The molecule has 22 heavy (non-hydrogen) atoms. The Morgan fingerprint density at radius 1 is 1.14 bits per heavy atom. The molecule has 1 fully saturated rings. The second-order valence-corrected chi connectivity index (χ2v) is 5.58. The summed E-state index contributed by atoms with van der Waals surface area (Å²) in [5.41, 5.74) is 3.48. The number of hydrogen-bond donors (Lipinski definition) is 0. The first-order valence-corrected chi connectivity index (χ1v) is 7.27. The molecular weight excluding hydrogens is 278 g/mol. The summed E-state index contributed by atoms with van der Waals surface area (Å²) in [5, 5.41) is 0. The van der Waals surface area contributed by atoms with Crippen LogP contribution in [-0.4, -0.2) is 25.5 Å². The molecule has 0 radical (unpaired) electrons. The molecule has 1 heterocycles. The van der Waals surface area contributed by atoms with E-state index in [-0.39, 0.29) is 6.09 Å². The Morgan fingerprint density at radius 2 is 1.91 bits per heavy atom. The Kier molecular flexibility index (Phi) is 3.92. The molecule has 0 spiro atoms. The van der Waals surface area contributed by atoms with E-state index < -0.39 is 0 Å². The van der Waals surface area contributed by atoms with Gasteiger partial charge in [0.2, 0.25) is 0 Å². The highest BCUT2D eigenvalue weighted by Crippen LogP contribution is 2.27. The number of ether oxygens (including phenoxy) is 1. The Morgan fingerprint density at radius 3 is 2.64 bits per heavy atom. The first kappa shape index (κ1) is 14.3. The molecule has 0 bridgehead atoms. The largest absolute Gasteiger partial charge is 0.449 e. The summed E-state index contributed by atoms with van der Waals surface area (Å²) in [4.78, 5) is 24.3. The fourth-order valence-electron chi connectivity index (χ4n) is 2.55. The molecule has 1 saturated heterocycles. The molecule has 1 aliphatic rings. The molecule has 0 aliphatic carbocycles. The number of nitrogens with zero attached hydrogens (tertiary/aromatic N) is 1. The van der Waals surface area contributed by atoms with Crippen LogP contribution in [0.4, 0.5) is 10.5 Å². The Hall–Kier alpha value is -2.62. The molecule has 112 valence electrons. The minimum atomic E-state index is -0.299. The molecule has 0 aromatic heterocycles. The van der Waals surface area contributed by atoms with Crippen molar-refractivity contribution in [1.29, 1.82) is 0 Å². The predicted octanol–water partition coefficient (Wildman–Crippen LogP) is 3.76. The van der Waals surface area contributed by atoms with Crippen LogP contribution in [0.15, 0.2) is 48.5 Å². The normalized spacial score (nSPS) is 18.0. The van der Waals surface area contributed by atoms with Crippen molar-refractivity contribution < 1.29 is 14.3 Å². The quantitative estimate of drug-likeness (QED) is 0.810. The molecular formula is C18H17NO3. The summed E-state index contributed by atoms with van der Waals surface area (Å²) in [5.74, 6) is 0.313. The van der Waals surface area contributed by atoms with Gasteiger partial charge in [0.05, 0.1) is 6.61 Å². The molecule has 4 nitrogen and oxygen atoms in total. The van der Waals surface area contributed by atoms with Crippen molar-refractivity contribution >= 4 is 18.1 Å². The fraction of sp³-hybridized carbons (Fsp3) is 0.222. The van der Waals surface area contributed by atoms with Crippen LogP contribution in [0, 0.1) is 5.92 Å². The Balaban J connectivity index is 1.91. The van der Waals surface area contributed by atoms with E-state index in [0.717, 1.165) is 23.1 Å². The average molecular weight is 295 g/mol. The third-order valence-electron chi connectivity index (χ3n) is 3.74. The molecule has 1 amide bonds. The van der Waals surface area contributed by atoms with Crippen molar-refractivity contribution in [2.45, 2.75) is 6.92 Å². The topological polar surface area (TPSA) is 46.6 Å². The molecule has 1 atom stereocenters. The lowest BCUT2D eigenvalue weighted by Gasteiger charge is -2.30. The minimum Gasteiger partial charge on any atom is -0.449 e. The van der Waals surface area contributed by atoms with Crippen LogP contribution < -0.4 is 4.90 Å². The van der Waals surface area contributed by atoms with Gasteiger partial charge in [0.15, 0.2) is 0 Å². The van der Waals surface area contributed by atoms with Gasteiger partial charge in [0, 0.05) is 23.7 Å². The number of carbonyl (C=O) groups is 2. The van der Waals surface area contributed by atoms with Gasteiger partial charge in [-0.1, -0.05) is 43.3 Å². The molecule has 0 saturated carbocycles. The van der Waals surface area contributed by atoms with E-state index in [9.17, 15) is 9.59 Å². The van der Waals surface area contributed by atoms with E-state index in [1.54, 1.807) is 17.0 Å². The van der Waals surface area contributed by atoms with Gasteiger partial charge in [-0.2, -0.15) is 0 Å². The van der Waals surface area contributed by atoms with Gasteiger partial charge in [-0.15, -0.1) is 0 Å². The molecule has 0 N–H and O–H groups in total.